The van der Waals surface area contributed by atoms with Gasteiger partial charge in [0.2, 0.25) is 5.83 Å². The molecule has 0 heterocycles. The number of hydrogen-bond acceptors (Lipinski definition) is 0. The summed E-state index contributed by atoms with van der Waals surface area (Å²) in [6, 6.07) is 0. The highest BCUT2D eigenvalue weighted by atomic mass is 19.4. The van der Waals surface area contributed by atoms with Crippen LogP contribution < -0.4 is 0 Å². The quantitative estimate of drug-likeness (QED) is 0.551. The van der Waals surface area contributed by atoms with E-state index in [9.17, 15) is 39.5 Å². The van der Waals surface area contributed by atoms with Crippen molar-refractivity contribution in [1.82, 2.24) is 0 Å². The molecule has 0 saturated carbocycles. The fourth-order valence-electron chi connectivity index (χ4n) is 0.226. The predicted molar refractivity (Wildman–Crippen MR) is 37.3 cm³/mol. The Balaban J connectivity index is 0. The van der Waals surface area contributed by atoms with Gasteiger partial charge in [0.25, 0.3) is 0 Å². The molecule has 0 aliphatic heterocycles. The van der Waals surface area contributed by atoms with E-state index in [1.165, 1.54) is 0 Å². The van der Waals surface area contributed by atoms with Crippen LogP contribution in [0.5, 0.6) is 0 Å². The zero-order valence-corrected chi connectivity index (χ0v) is 7.56. The standard InChI is InChI=1S/C4H4F4.C3HF5/c1-2-3(5)4(6,7)8;4-1-2(5)3(6,7)8/h2H,1H3;1H/b3-2+;2-1-. The monoisotopic (exact) mass is 260 g/mol. The minimum absolute atomic E-state index is 0.375. The zero-order valence-electron chi connectivity index (χ0n) is 7.56. The summed E-state index contributed by atoms with van der Waals surface area (Å²) in [6.45, 7) is 0.989. The summed E-state index contributed by atoms with van der Waals surface area (Å²) in [5.41, 5.74) is 0. The molecule has 9 heteroatoms. The van der Waals surface area contributed by atoms with Crippen molar-refractivity contribution in [3.63, 3.8) is 0 Å². The largest absolute Gasteiger partial charge is 0.445 e. The van der Waals surface area contributed by atoms with Gasteiger partial charge in [0.1, 0.15) is 6.33 Å². The lowest BCUT2D eigenvalue weighted by atomic mass is 10.5. The average molecular weight is 260 g/mol. The molecule has 0 rings (SSSR count). The molecule has 0 fully saturated rings. The molecular formula is C7H5F9. The molecule has 0 nitrogen and oxygen atoms in total. The Bertz CT molecular complexity index is 226. The van der Waals surface area contributed by atoms with Gasteiger partial charge in [-0.25, -0.2) is 8.78 Å². The molecule has 0 aliphatic rings. The van der Waals surface area contributed by atoms with Crippen LogP contribution >= 0.6 is 0 Å². The normalized spacial score (nSPS) is 14.4. The van der Waals surface area contributed by atoms with Gasteiger partial charge in [-0.3, -0.25) is 0 Å². The maximum absolute atomic E-state index is 11.4. The molecule has 0 saturated heterocycles. The van der Waals surface area contributed by atoms with Crippen molar-refractivity contribution in [1.29, 1.82) is 0 Å². The minimum atomic E-state index is -5.17. The summed E-state index contributed by atoms with van der Waals surface area (Å²) < 4.78 is 98.3. The second-order valence-corrected chi connectivity index (χ2v) is 2.09. The Morgan fingerprint density at radius 1 is 0.812 bits per heavy atom. The van der Waals surface area contributed by atoms with Crippen LogP contribution in [-0.4, -0.2) is 12.4 Å². The molecule has 0 aromatic carbocycles. The Morgan fingerprint density at radius 3 is 1.12 bits per heavy atom. The van der Waals surface area contributed by atoms with Gasteiger partial charge >= 0.3 is 12.4 Å². The Labute approximate surface area is 84.0 Å². The van der Waals surface area contributed by atoms with E-state index in [4.69, 9.17) is 0 Å². The van der Waals surface area contributed by atoms with Crippen LogP contribution in [0, 0.1) is 0 Å². The van der Waals surface area contributed by atoms with Crippen LogP contribution in [0.4, 0.5) is 39.5 Å². The number of rotatable bonds is 0. The first-order valence-corrected chi connectivity index (χ1v) is 3.38. The summed E-state index contributed by atoms with van der Waals surface area (Å²) in [5, 5.41) is 0. The summed E-state index contributed by atoms with van der Waals surface area (Å²) in [5.74, 6) is -4.75. The van der Waals surface area contributed by atoms with E-state index in [2.05, 4.69) is 0 Å². The van der Waals surface area contributed by atoms with Gasteiger partial charge in [-0.05, 0) is 13.0 Å². The Kier molecular flexibility index (Phi) is 6.94. The smallest absolute Gasteiger partial charge is 0.212 e. The van der Waals surface area contributed by atoms with Crippen molar-refractivity contribution >= 4 is 0 Å². The zero-order chi connectivity index (χ0) is 13.6. The fraction of sp³-hybridized carbons (Fsp3) is 0.429. The fourth-order valence-corrected chi connectivity index (χ4v) is 0.226. The van der Waals surface area contributed by atoms with E-state index in [1.54, 1.807) is 0 Å². The minimum Gasteiger partial charge on any atom is -0.212 e. The lowest BCUT2D eigenvalue weighted by Crippen LogP contribution is -2.06. The van der Waals surface area contributed by atoms with Gasteiger partial charge < -0.3 is 0 Å². The van der Waals surface area contributed by atoms with Crippen LogP contribution in [0.15, 0.2) is 24.1 Å². The first-order chi connectivity index (χ1) is 6.96. The molecule has 0 aromatic rings. The van der Waals surface area contributed by atoms with Gasteiger partial charge in [-0.1, -0.05) is 0 Å². The third-order valence-electron chi connectivity index (χ3n) is 0.891. The van der Waals surface area contributed by atoms with Crippen molar-refractivity contribution in [2.24, 2.45) is 0 Å². The third-order valence-corrected chi connectivity index (χ3v) is 0.891. The summed E-state index contributed by atoms with van der Waals surface area (Å²) >= 11 is 0. The first-order valence-electron chi connectivity index (χ1n) is 3.38. The molecule has 0 amide bonds. The van der Waals surface area contributed by atoms with Crippen LogP contribution in [0.2, 0.25) is 0 Å². The summed E-state index contributed by atoms with van der Waals surface area (Å²) in [6.07, 6.45) is -10.7. The van der Waals surface area contributed by atoms with E-state index in [0.29, 0.717) is 6.08 Å². The van der Waals surface area contributed by atoms with Gasteiger partial charge in [-0.2, -0.15) is 30.7 Å². The van der Waals surface area contributed by atoms with Crippen LogP contribution in [0.25, 0.3) is 0 Å². The topological polar surface area (TPSA) is 0 Å². The van der Waals surface area contributed by atoms with E-state index >= 15 is 0 Å². The highest BCUT2D eigenvalue weighted by Gasteiger charge is 2.34. The second kappa shape index (κ2) is 6.44. The van der Waals surface area contributed by atoms with Crippen molar-refractivity contribution in [2.75, 3.05) is 0 Å². The maximum atomic E-state index is 11.4. The Hall–Kier alpha value is -1.15. The molecule has 0 atom stereocenters. The molecule has 0 spiro atoms. The lowest BCUT2D eigenvalue weighted by molar-refractivity contribution is -0.110. The van der Waals surface area contributed by atoms with Crippen molar-refractivity contribution < 1.29 is 39.5 Å². The molecule has 0 aromatic heterocycles. The molecule has 96 valence electrons. The van der Waals surface area contributed by atoms with Gasteiger partial charge in [0.05, 0.1) is 0 Å². The van der Waals surface area contributed by atoms with E-state index in [-0.39, 0.29) is 0 Å². The van der Waals surface area contributed by atoms with Crippen LogP contribution in [-0.2, 0) is 0 Å². The number of allylic oxidation sites excluding steroid dienone is 3. The third kappa shape index (κ3) is 8.18. The average Bonchev–Trinajstić information content (AvgIpc) is 2.13. The predicted octanol–water partition coefficient (Wildman–Crippen LogP) is 4.75. The molecule has 0 aliphatic carbocycles. The van der Waals surface area contributed by atoms with Gasteiger partial charge in [0.15, 0.2) is 5.83 Å². The van der Waals surface area contributed by atoms with Crippen molar-refractivity contribution in [3.05, 3.63) is 24.1 Å². The number of halogens is 9. The van der Waals surface area contributed by atoms with Crippen LogP contribution in [0.1, 0.15) is 6.92 Å². The van der Waals surface area contributed by atoms with E-state index in [0.717, 1.165) is 6.92 Å². The van der Waals surface area contributed by atoms with Gasteiger partial charge in [-0.15, -0.1) is 0 Å². The summed E-state index contributed by atoms with van der Waals surface area (Å²) in [4.78, 5) is 0. The number of hydrogen-bond donors (Lipinski definition) is 0. The maximum Gasteiger partial charge on any atom is 0.445 e. The van der Waals surface area contributed by atoms with Crippen molar-refractivity contribution in [3.8, 4) is 0 Å². The highest BCUT2D eigenvalue weighted by molar-refractivity contribution is 4.96. The van der Waals surface area contributed by atoms with Gasteiger partial charge in [0, 0.05) is 0 Å². The molecule has 0 N–H and O–H groups in total. The molecule has 16 heavy (non-hydrogen) atoms. The second-order valence-electron chi connectivity index (χ2n) is 2.09. The highest BCUT2D eigenvalue weighted by Crippen LogP contribution is 2.26. The van der Waals surface area contributed by atoms with Crippen LogP contribution in [0.3, 0.4) is 0 Å². The summed E-state index contributed by atoms with van der Waals surface area (Å²) in [7, 11) is 0. The molecular weight excluding hydrogens is 255 g/mol. The van der Waals surface area contributed by atoms with Crippen molar-refractivity contribution in [2.45, 2.75) is 19.3 Å². The Morgan fingerprint density at radius 2 is 1.12 bits per heavy atom. The number of alkyl halides is 6. The van der Waals surface area contributed by atoms with E-state index < -0.39 is 30.3 Å². The molecule has 0 unspecified atom stereocenters. The van der Waals surface area contributed by atoms with E-state index in [1.807, 2.05) is 0 Å². The SMILES string of the molecule is C/C=C(/F)C(F)(F)F.F/C=C(\F)C(F)(F)F. The molecule has 0 radical (unpaired) electrons. The lowest BCUT2D eigenvalue weighted by Gasteiger charge is -1.99. The first kappa shape index (κ1) is 17.3. The molecule has 0 bridgehead atoms.